The Labute approximate surface area is 118 Å². The maximum absolute atomic E-state index is 12.0. The molecule has 1 rings (SSSR count). The van der Waals surface area contributed by atoms with Crippen LogP contribution in [-0.4, -0.2) is 25.0 Å². The van der Waals surface area contributed by atoms with E-state index in [0.717, 1.165) is 25.9 Å². The predicted octanol–water partition coefficient (Wildman–Crippen LogP) is 2.88. The third-order valence-corrected chi connectivity index (χ3v) is 3.61. The zero-order chi connectivity index (χ0) is 12.5. The fraction of sp³-hybridized carbons (Fsp3) is 0.929. The zero-order valence-corrected chi connectivity index (χ0v) is 12.7. The van der Waals surface area contributed by atoms with E-state index < -0.39 is 0 Å². The zero-order valence-electron chi connectivity index (χ0n) is 11.8. The average Bonchev–Trinajstić information content (AvgIpc) is 2.26. The topological polar surface area (TPSA) is 41.1 Å². The summed E-state index contributed by atoms with van der Waals surface area (Å²) in [5.74, 6) is 0.542. The molecule has 4 heteroatoms. The van der Waals surface area contributed by atoms with Crippen molar-refractivity contribution in [1.29, 1.82) is 0 Å². The Morgan fingerprint density at radius 3 is 2.28 bits per heavy atom. The number of nitrogens with one attached hydrogen (secondary N) is 2. The van der Waals surface area contributed by atoms with Gasteiger partial charge in [-0.05, 0) is 26.3 Å². The first-order valence-corrected chi connectivity index (χ1v) is 7.25. The van der Waals surface area contributed by atoms with Gasteiger partial charge in [0.25, 0.3) is 0 Å². The Bertz CT molecular complexity index is 216. The van der Waals surface area contributed by atoms with Gasteiger partial charge < -0.3 is 10.6 Å². The first-order chi connectivity index (χ1) is 8.24. The summed E-state index contributed by atoms with van der Waals surface area (Å²) in [5, 5.41) is 6.40. The van der Waals surface area contributed by atoms with Crippen LogP contribution in [0.4, 0.5) is 0 Å². The molecule has 0 aromatic heterocycles. The lowest BCUT2D eigenvalue weighted by Gasteiger charge is -2.20. The molecule has 108 valence electrons. The molecule has 1 amide bonds. The van der Waals surface area contributed by atoms with Crippen LogP contribution in [0.25, 0.3) is 0 Å². The second kappa shape index (κ2) is 10.6. The van der Waals surface area contributed by atoms with Gasteiger partial charge >= 0.3 is 0 Å². The van der Waals surface area contributed by atoms with E-state index in [1.165, 1.54) is 32.1 Å². The van der Waals surface area contributed by atoms with Crippen molar-refractivity contribution in [3.05, 3.63) is 0 Å². The van der Waals surface area contributed by atoms with Crippen molar-refractivity contribution < 1.29 is 4.79 Å². The fourth-order valence-electron chi connectivity index (χ4n) is 2.54. The van der Waals surface area contributed by atoms with E-state index in [-0.39, 0.29) is 24.2 Å². The number of likely N-dealkylation sites (N-methyl/N-ethyl adjacent to an activating group) is 1. The number of amides is 1. The number of hydrogen-bond acceptors (Lipinski definition) is 2. The van der Waals surface area contributed by atoms with E-state index in [0.29, 0.717) is 6.04 Å². The van der Waals surface area contributed by atoms with E-state index in [1.807, 2.05) is 0 Å². The minimum Gasteiger partial charge on any atom is -0.354 e. The van der Waals surface area contributed by atoms with Gasteiger partial charge in [-0.3, -0.25) is 4.79 Å². The maximum Gasteiger partial charge on any atom is 0.223 e. The molecule has 1 aliphatic rings. The van der Waals surface area contributed by atoms with Gasteiger partial charge in [0.2, 0.25) is 5.91 Å². The highest BCUT2D eigenvalue weighted by Crippen LogP contribution is 2.22. The molecular formula is C14H29ClN2O. The Hall–Kier alpha value is -0.280. The average molecular weight is 277 g/mol. The molecule has 0 aliphatic heterocycles. The van der Waals surface area contributed by atoms with Crippen LogP contribution < -0.4 is 10.6 Å². The molecule has 0 aromatic carbocycles. The minimum absolute atomic E-state index is 0. The third kappa shape index (κ3) is 7.22. The summed E-state index contributed by atoms with van der Waals surface area (Å²) in [5.41, 5.74) is 0. The molecule has 18 heavy (non-hydrogen) atoms. The van der Waals surface area contributed by atoms with Crippen molar-refractivity contribution in [2.45, 2.75) is 64.8 Å². The number of hydrogen-bond donors (Lipinski definition) is 2. The third-order valence-electron chi connectivity index (χ3n) is 3.61. The Morgan fingerprint density at radius 1 is 1.17 bits per heavy atom. The normalized spacial score (nSPS) is 19.2. The lowest BCUT2D eigenvalue weighted by Crippen LogP contribution is -2.41. The molecule has 1 saturated carbocycles. The van der Waals surface area contributed by atoms with Gasteiger partial charge in [0.05, 0.1) is 0 Å². The first kappa shape index (κ1) is 17.7. The minimum atomic E-state index is 0. The van der Waals surface area contributed by atoms with Crippen molar-refractivity contribution >= 4 is 18.3 Å². The van der Waals surface area contributed by atoms with E-state index in [9.17, 15) is 4.79 Å². The molecule has 0 unspecified atom stereocenters. The fourth-order valence-corrected chi connectivity index (χ4v) is 2.54. The van der Waals surface area contributed by atoms with Gasteiger partial charge in [0.15, 0.2) is 0 Å². The van der Waals surface area contributed by atoms with Crippen LogP contribution in [-0.2, 0) is 4.79 Å². The summed E-state index contributed by atoms with van der Waals surface area (Å²) in [6.45, 7) is 5.92. The summed E-state index contributed by atoms with van der Waals surface area (Å²) in [6, 6.07) is 0.373. The van der Waals surface area contributed by atoms with Gasteiger partial charge in [-0.15, -0.1) is 12.4 Å². The summed E-state index contributed by atoms with van der Waals surface area (Å²) in [4.78, 5) is 12.0. The maximum atomic E-state index is 12.0. The van der Waals surface area contributed by atoms with E-state index in [1.54, 1.807) is 0 Å². The molecule has 0 heterocycles. The second-order valence-corrected chi connectivity index (χ2v) is 5.25. The lowest BCUT2D eigenvalue weighted by molar-refractivity contribution is -0.125. The van der Waals surface area contributed by atoms with Crippen LogP contribution in [0, 0.1) is 5.92 Å². The Kier molecular flexibility index (Phi) is 10.5. The number of halogens is 1. The second-order valence-electron chi connectivity index (χ2n) is 5.25. The van der Waals surface area contributed by atoms with E-state index >= 15 is 0 Å². The summed E-state index contributed by atoms with van der Waals surface area (Å²) >= 11 is 0. The van der Waals surface area contributed by atoms with Crippen LogP contribution in [0.15, 0.2) is 0 Å². The number of rotatable bonds is 5. The van der Waals surface area contributed by atoms with Crippen LogP contribution in [0.3, 0.4) is 0 Å². The number of carbonyl (C=O) groups excluding carboxylic acids is 1. The number of carbonyl (C=O) groups is 1. The highest BCUT2D eigenvalue weighted by Gasteiger charge is 2.19. The van der Waals surface area contributed by atoms with Gasteiger partial charge in [0, 0.05) is 18.5 Å². The molecule has 1 fully saturated rings. The molecule has 0 aromatic rings. The van der Waals surface area contributed by atoms with Gasteiger partial charge in [-0.25, -0.2) is 0 Å². The molecule has 0 spiro atoms. The molecular weight excluding hydrogens is 248 g/mol. The molecule has 1 atom stereocenters. The van der Waals surface area contributed by atoms with Crippen LogP contribution >= 0.6 is 12.4 Å². The quantitative estimate of drug-likeness (QED) is 0.811. The van der Waals surface area contributed by atoms with Crippen molar-refractivity contribution in [1.82, 2.24) is 10.6 Å². The van der Waals surface area contributed by atoms with E-state index in [4.69, 9.17) is 0 Å². The van der Waals surface area contributed by atoms with Crippen LogP contribution in [0.2, 0.25) is 0 Å². The first-order valence-electron chi connectivity index (χ1n) is 7.25. The van der Waals surface area contributed by atoms with Crippen molar-refractivity contribution in [3.8, 4) is 0 Å². The van der Waals surface area contributed by atoms with Crippen molar-refractivity contribution in [2.75, 3.05) is 13.1 Å². The largest absolute Gasteiger partial charge is 0.354 e. The smallest absolute Gasteiger partial charge is 0.223 e. The monoisotopic (exact) mass is 276 g/mol. The molecule has 0 bridgehead atoms. The molecule has 0 saturated heterocycles. The SMILES string of the molecule is CCN[C@H](C)CNC(=O)C1CCCCCCC1.Cl. The summed E-state index contributed by atoms with van der Waals surface area (Å²) in [7, 11) is 0. The highest BCUT2D eigenvalue weighted by molar-refractivity contribution is 5.85. The standard InChI is InChI=1S/C14H28N2O.ClH/c1-3-15-12(2)11-16-14(17)13-9-7-5-4-6-8-10-13;/h12-13,15H,3-11H2,1-2H3,(H,16,17);1H/t12-;/m1./s1. The van der Waals surface area contributed by atoms with Crippen LogP contribution in [0.1, 0.15) is 58.8 Å². The summed E-state index contributed by atoms with van der Waals surface area (Å²) in [6.07, 6.45) is 8.57. The summed E-state index contributed by atoms with van der Waals surface area (Å²) < 4.78 is 0. The van der Waals surface area contributed by atoms with Gasteiger partial charge in [0.1, 0.15) is 0 Å². The molecule has 3 nitrogen and oxygen atoms in total. The highest BCUT2D eigenvalue weighted by atomic mass is 35.5. The molecule has 1 aliphatic carbocycles. The van der Waals surface area contributed by atoms with Crippen LogP contribution in [0.5, 0.6) is 0 Å². The Morgan fingerprint density at radius 2 is 1.72 bits per heavy atom. The van der Waals surface area contributed by atoms with Gasteiger partial charge in [-0.2, -0.15) is 0 Å². The van der Waals surface area contributed by atoms with Gasteiger partial charge in [-0.1, -0.05) is 39.0 Å². The molecule has 2 N–H and O–H groups in total. The predicted molar refractivity (Wildman–Crippen MR) is 79.2 cm³/mol. The lowest BCUT2D eigenvalue weighted by atomic mass is 9.90. The van der Waals surface area contributed by atoms with Crippen molar-refractivity contribution in [2.24, 2.45) is 5.92 Å². The molecule has 0 radical (unpaired) electrons. The Balaban J connectivity index is 0.00000289. The van der Waals surface area contributed by atoms with Crippen molar-refractivity contribution in [3.63, 3.8) is 0 Å². The van der Waals surface area contributed by atoms with E-state index in [2.05, 4.69) is 24.5 Å².